The normalized spacial score (nSPS) is 10.9. The van der Waals surface area contributed by atoms with E-state index in [0.717, 1.165) is 11.1 Å². The van der Waals surface area contributed by atoms with Gasteiger partial charge in [-0.3, -0.25) is 4.79 Å². The topological polar surface area (TPSA) is 68.0 Å². The lowest BCUT2D eigenvalue weighted by atomic mass is 10.0. The summed E-state index contributed by atoms with van der Waals surface area (Å²) in [6.07, 6.45) is 3.13. The minimum absolute atomic E-state index is 0.0535. The summed E-state index contributed by atoms with van der Waals surface area (Å²) in [5, 5.41) is 15.5. The van der Waals surface area contributed by atoms with Crippen LogP contribution in [-0.2, 0) is 0 Å². The van der Waals surface area contributed by atoms with Crippen molar-refractivity contribution in [2.24, 2.45) is 0 Å². The molecule has 2 aromatic heterocycles. The molecule has 0 bridgehead atoms. The molecule has 6 heteroatoms. The van der Waals surface area contributed by atoms with Gasteiger partial charge in [0.2, 0.25) is 0 Å². The van der Waals surface area contributed by atoms with Gasteiger partial charge in [-0.25, -0.2) is 9.67 Å². The van der Waals surface area contributed by atoms with E-state index in [0.29, 0.717) is 16.2 Å². The Kier molecular flexibility index (Phi) is 3.71. The molecule has 25 heavy (non-hydrogen) atoms. The largest absolute Gasteiger partial charge is 0.507 e. The molecule has 4 rings (SSSR count). The van der Waals surface area contributed by atoms with Crippen LogP contribution in [0.25, 0.3) is 16.7 Å². The first-order chi connectivity index (χ1) is 12.1. The minimum Gasteiger partial charge on any atom is -0.507 e. The molecule has 0 radical (unpaired) electrons. The molecule has 0 spiro atoms. The summed E-state index contributed by atoms with van der Waals surface area (Å²) in [6, 6.07) is 15.4. The van der Waals surface area contributed by atoms with Gasteiger partial charge in [0, 0.05) is 22.2 Å². The van der Waals surface area contributed by atoms with E-state index in [1.165, 1.54) is 12.3 Å². The standard InChI is InChI=1S/C19H12ClN3O2/c20-14-4-3-5-15(9-14)23-19-13(11-22-23)8-12(10-21-19)18(25)16-6-1-2-7-17(16)24/h1-11,24H. The number of phenols is 1. The van der Waals surface area contributed by atoms with Crippen molar-refractivity contribution in [1.82, 2.24) is 14.8 Å². The van der Waals surface area contributed by atoms with Crippen LogP contribution in [0.3, 0.4) is 0 Å². The number of pyridine rings is 1. The third-order valence-corrected chi connectivity index (χ3v) is 4.11. The first-order valence-corrected chi connectivity index (χ1v) is 7.94. The second-order valence-electron chi connectivity index (χ2n) is 5.52. The molecule has 0 fully saturated rings. The van der Waals surface area contributed by atoms with Gasteiger partial charge in [-0.2, -0.15) is 5.10 Å². The summed E-state index contributed by atoms with van der Waals surface area (Å²) < 4.78 is 1.66. The molecule has 0 atom stereocenters. The van der Waals surface area contributed by atoms with E-state index < -0.39 is 0 Å². The molecular formula is C19H12ClN3O2. The molecular weight excluding hydrogens is 338 g/mol. The first kappa shape index (κ1) is 15.4. The van der Waals surface area contributed by atoms with Crippen LogP contribution in [-0.4, -0.2) is 25.7 Å². The maximum atomic E-state index is 12.6. The Morgan fingerprint density at radius 1 is 1.04 bits per heavy atom. The molecule has 2 aromatic carbocycles. The number of fused-ring (bicyclic) bond motifs is 1. The zero-order valence-electron chi connectivity index (χ0n) is 12.9. The molecule has 0 saturated carbocycles. The number of nitrogens with zero attached hydrogens (tertiary/aromatic N) is 3. The van der Waals surface area contributed by atoms with Gasteiger partial charge in [0.05, 0.1) is 17.4 Å². The second-order valence-corrected chi connectivity index (χ2v) is 5.96. The number of carbonyl (C=O) groups is 1. The van der Waals surface area contributed by atoms with E-state index in [-0.39, 0.29) is 17.1 Å². The van der Waals surface area contributed by atoms with Crippen molar-refractivity contribution in [3.63, 3.8) is 0 Å². The zero-order valence-corrected chi connectivity index (χ0v) is 13.7. The van der Waals surface area contributed by atoms with Crippen LogP contribution >= 0.6 is 11.6 Å². The average Bonchev–Trinajstić information content (AvgIpc) is 3.05. The maximum Gasteiger partial charge on any atom is 0.198 e. The smallest absolute Gasteiger partial charge is 0.198 e. The number of aromatic nitrogens is 3. The number of carbonyl (C=O) groups excluding carboxylic acids is 1. The molecule has 4 aromatic rings. The summed E-state index contributed by atoms with van der Waals surface area (Å²) in [4.78, 5) is 17.0. The number of para-hydroxylation sites is 1. The lowest BCUT2D eigenvalue weighted by molar-refractivity contribution is 0.103. The fraction of sp³-hybridized carbons (Fsp3) is 0. The van der Waals surface area contributed by atoms with Gasteiger partial charge in [-0.05, 0) is 36.4 Å². The minimum atomic E-state index is -0.289. The Balaban J connectivity index is 1.78. The molecule has 0 aliphatic rings. The van der Waals surface area contributed by atoms with Crippen molar-refractivity contribution in [3.8, 4) is 11.4 Å². The first-order valence-electron chi connectivity index (χ1n) is 7.56. The van der Waals surface area contributed by atoms with Crippen molar-refractivity contribution in [2.45, 2.75) is 0 Å². The third kappa shape index (κ3) is 2.75. The Morgan fingerprint density at radius 2 is 1.88 bits per heavy atom. The number of benzene rings is 2. The van der Waals surface area contributed by atoms with E-state index in [4.69, 9.17) is 11.6 Å². The predicted octanol–water partition coefficient (Wildman–Crippen LogP) is 4.01. The molecule has 2 heterocycles. The Hall–Kier alpha value is -3.18. The number of hydrogen-bond acceptors (Lipinski definition) is 4. The highest BCUT2D eigenvalue weighted by atomic mass is 35.5. The van der Waals surface area contributed by atoms with Crippen LogP contribution in [0, 0.1) is 0 Å². The molecule has 0 aliphatic heterocycles. The summed E-state index contributed by atoms with van der Waals surface area (Å²) in [7, 11) is 0. The van der Waals surface area contributed by atoms with Crippen LogP contribution in [0.2, 0.25) is 5.02 Å². The quantitative estimate of drug-likeness (QED) is 0.567. The van der Waals surface area contributed by atoms with E-state index in [1.807, 2.05) is 12.1 Å². The van der Waals surface area contributed by atoms with E-state index in [9.17, 15) is 9.90 Å². The highest BCUT2D eigenvalue weighted by Gasteiger charge is 2.15. The van der Waals surface area contributed by atoms with Gasteiger partial charge in [-0.15, -0.1) is 0 Å². The van der Waals surface area contributed by atoms with E-state index >= 15 is 0 Å². The monoisotopic (exact) mass is 349 g/mol. The number of ketones is 1. The summed E-state index contributed by atoms with van der Waals surface area (Å²) in [6.45, 7) is 0. The van der Waals surface area contributed by atoms with E-state index in [1.54, 1.807) is 47.3 Å². The Bertz CT molecular complexity index is 1100. The van der Waals surface area contributed by atoms with Crippen LogP contribution in [0.5, 0.6) is 5.75 Å². The average molecular weight is 350 g/mol. The number of hydrogen-bond donors (Lipinski definition) is 1. The van der Waals surface area contributed by atoms with Gasteiger partial charge < -0.3 is 5.11 Å². The van der Waals surface area contributed by atoms with Crippen molar-refractivity contribution >= 4 is 28.4 Å². The lowest BCUT2D eigenvalue weighted by Gasteiger charge is -2.05. The lowest BCUT2D eigenvalue weighted by Crippen LogP contribution is -2.03. The number of rotatable bonds is 3. The fourth-order valence-electron chi connectivity index (χ4n) is 2.66. The van der Waals surface area contributed by atoms with E-state index in [2.05, 4.69) is 10.1 Å². The summed E-state index contributed by atoms with van der Waals surface area (Å²) in [5.41, 5.74) is 2.04. The van der Waals surface area contributed by atoms with Crippen molar-refractivity contribution in [3.05, 3.63) is 83.1 Å². The summed E-state index contributed by atoms with van der Waals surface area (Å²) in [5.74, 6) is -0.342. The zero-order chi connectivity index (χ0) is 17.4. The van der Waals surface area contributed by atoms with Crippen molar-refractivity contribution in [2.75, 3.05) is 0 Å². The van der Waals surface area contributed by atoms with Gasteiger partial charge in [-0.1, -0.05) is 29.8 Å². The van der Waals surface area contributed by atoms with Gasteiger partial charge >= 0.3 is 0 Å². The van der Waals surface area contributed by atoms with Crippen molar-refractivity contribution < 1.29 is 9.90 Å². The molecule has 0 amide bonds. The third-order valence-electron chi connectivity index (χ3n) is 3.87. The predicted molar refractivity (Wildman–Crippen MR) is 95.4 cm³/mol. The fourth-order valence-corrected chi connectivity index (χ4v) is 2.85. The number of aromatic hydroxyl groups is 1. The van der Waals surface area contributed by atoms with Crippen LogP contribution < -0.4 is 0 Å². The summed E-state index contributed by atoms with van der Waals surface area (Å²) >= 11 is 6.03. The van der Waals surface area contributed by atoms with Crippen LogP contribution in [0.15, 0.2) is 67.0 Å². The Labute approximate surface area is 148 Å². The second kappa shape index (κ2) is 6.03. The van der Waals surface area contributed by atoms with Gasteiger partial charge in [0.15, 0.2) is 11.4 Å². The SMILES string of the molecule is O=C(c1cnc2c(cnn2-c2cccc(Cl)c2)c1)c1ccccc1O. The van der Waals surface area contributed by atoms with Gasteiger partial charge in [0.25, 0.3) is 0 Å². The highest BCUT2D eigenvalue weighted by molar-refractivity contribution is 6.30. The number of phenolic OH excluding ortho intramolecular Hbond substituents is 1. The molecule has 0 unspecified atom stereocenters. The number of halogens is 1. The Morgan fingerprint density at radius 3 is 2.68 bits per heavy atom. The molecule has 0 saturated heterocycles. The molecule has 0 aliphatic carbocycles. The van der Waals surface area contributed by atoms with Crippen LogP contribution in [0.4, 0.5) is 0 Å². The maximum absolute atomic E-state index is 12.6. The van der Waals surface area contributed by atoms with Crippen molar-refractivity contribution in [1.29, 1.82) is 0 Å². The molecule has 122 valence electrons. The highest BCUT2D eigenvalue weighted by Crippen LogP contribution is 2.23. The molecule has 1 N–H and O–H groups in total. The van der Waals surface area contributed by atoms with Crippen LogP contribution in [0.1, 0.15) is 15.9 Å². The molecule has 5 nitrogen and oxygen atoms in total. The van der Waals surface area contributed by atoms with Gasteiger partial charge in [0.1, 0.15) is 5.75 Å².